The van der Waals surface area contributed by atoms with Gasteiger partial charge in [0.2, 0.25) is 0 Å². The molecule has 46 heavy (non-hydrogen) atoms. The van der Waals surface area contributed by atoms with E-state index < -0.39 is 0 Å². The average Bonchev–Trinajstić information content (AvgIpc) is 3.07. The van der Waals surface area contributed by atoms with Crippen molar-refractivity contribution in [3.8, 4) is 44.5 Å². The predicted molar refractivity (Wildman–Crippen MR) is 196 cm³/mol. The van der Waals surface area contributed by atoms with Gasteiger partial charge in [-0.1, -0.05) is 145 Å². The third kappa shape index (κ3) is 5.72. The van der Waals surface area contributed by atoms with Crippen molar-refractivity contribution in [1.29, 1.82) is 0 Å². The average molecular weight is 597 g/mol. The van der Waals surface area contributed by atoms with E-state index in [1.807, 2.05) is 0 Å². The fourth-order valence-electron chi connectivity index (χ4n) is 6.14. The van der Waals surface area contributed by atoms with Crippen LogP contribution in [0.4, 0.5) is 0 Å². The van der Waals surface area contributed by atoms with Crippen LogP contribution < -0.4 is 0 Å². The van der Waals surface area contributed by atoms with E-state index in [1.165, 1.54) is 44.5 Å². The highest BCUT2D eigenvalue weighted by molar-refractivity contribution is 6.09. The largest absolute Gasteiger partial charge is 0.250 e. The first kappa shape index (κ1) is 29.6. The molecule has 0 atom stereocenters. The molecule has 226 valence electrons. The monoisotopic (exact) mass is 596 g/mol. The van der Waals surface area contributed by atoms with Crippen LogP contribution in [0.5, 0.6) is 0 Å². The number of aromatic nitrogens is 2. The fraction of sp³-hybridized carbons (Fsp3) is 0.182. The van der Waals surface area contributed by atoms with Gasteiger partial charge in [0.15, 0.2) is 0 Å². The Bertz CT molecular complexity index is 2180. The first-order valence-corrected chi connectivity index (χ1v) is 16.2. The molecule has 2 nitrogen and oxygen atoms in total. The van der Waals surface area contributed by atoms with Crippen molar-refractivity contribution in [3.05, 3.63) is 145 Å². The van der Waals surface area contributed by atoms with Gasteiger partial charge in [0.1, 0.15) is 0 Å². The van der Waals surface area contributed by atoms with Gasteiger partial charge in [0.25, 0.3) is 0 Å². The minimum Gasteiger partial charge on any atom is -0.250 e. The normalized spacial score (nSPS) is 12.1. The fourth-order valence-corrected chi connectivity index (χ4v) is 6.14. The van der Waals surface area contributed by atoms with Gasteiger partial charge in [-0.15, -0.1) is 0 Å². The molecule has 5 aromatic carbocycles. The number of rotatable bonds is 4. The van der Waals surface area contributed by atoms with Gasteiger partial charge in [-0.05, 0) is 74.8 Å². The predicted octanol–water partition coefficient (Wildman–Crippen LogP) is 12.0. The van der Waals surface area contributed by atoms with Crippen LogP contribution in [0.1, 0.15) is 52.9 Å². The summed E-state index contributed by atoms with van der Waals surface area (Å²) in [5.74, 6) is 0. The number of pyridine rings is 2. The van der Waals surface area contributed by atoms with E-state index in [2.05, 4.69) is 175 Å². The van der Waals surface area contributed by atoms with E-state index in [1.54, 1.807) is 0 Å². The lowest BCUT2D eigenvalue weighted by Gasteiger charge is -2.22. The van der Waals surface area contributed by atoms with Gasteiger partial charge in [-0.25, -0.2) is 9.97 Å². The molecule has 7 aromatic rings. The summed E-state index contributed by atoms with van der Waals surface area (Å²) in [6.07, 6.45) is 0. The summed E-state index contributed by atoms with van der Waals surface area (Å²) in [5, 5.41) is 2.23. The molecule has 0 unspecified atom stereocenters. The molecule has 0 aliphatic carbocycles. The third-order valence-electron chi connectivity index (χ3n) is 8.85. The number of hydrogen-bond donors (Lipinski definition) is 0. The van der Waals surface area contributed by atoms with Crippen LogP contribution in [-0.2, 0) is 10.8 Å². The van der Waals surface area contributed by atoms with Crippen molar-refractivity contribution in [2.24, 2.45) is 0 Å². The van der Waals surface area contributed by atoms with E-state index in [4.69, 9.17) is 9.97 Å². The van der Waals surface area contributed by atoms with Gasteiger partial charge in [-0.2, -0.15) is 0 Å². The summed E-state index contributed by atoms with van der Waals surface area (Å²) < 4.78 is 0. The molecule has 0 bridgehead atoms. The van der Waals surface area contributed by atoms with E-state index in [-0.39, 0.29) is 10.8 Å². The van der Waals surface area contributed by atoms with Crippen LogP contribution in [0.25, 0.3) is 66.3 Å². The minimum atomic E-state index is -0.139. The Kier molecular flexibility index (Phi) is 7.32. The second-order valence-corrected chi connectivity index (χ2v) is 14.4. The van der Waals surface area contributed by atoms with E-state index in [0.29, 0.717) is 0 Å². The van der Waals surface area contributed by atoms with Gasteiger partial charge in [0.05, 0.1) is 11.0 Å². The van der Waals surface area contributed by atoms with Crippen molar-refractivity contribution in [3.63, 3.8) is 0 Å². The molecule has 0 radical (unpaired) electrons. The molecule has 0 aliphatic rings. The van der Waals surface area contributed by atoms with E-state index >= 15 is 0 Å². The molecule has 0 amide bonds. The van der Waals surface area contributed by atoms with Crippen molar-refractivity contribution in [1.82, 2.24) is 9.97 Å². The molecule has 0 saturated carbocycles. The summed E-state index contributed by atoms with van der Waals surface area (Å²) >= 11 is 0. The van der Waals surface area contributed by atoms with Crippen LogP contribution in [0.2, 0.25) is 0 Å². The van der Waals surface area contributed by atoms with E-state index in [0.717, 1.165) is 33.2 Å². The van der Waals surface area contributed by atoms with Crippen LogP contribution >= 0.6 is 0 Å². The first-order chi connectivity index (χ1) is 22.0. The first-order valence-electron chi connectivity index (χ1n) is 16.2. The highest BCUT2D eigenvalue weighted by Crippen LogP contribution is 2.40. The molecule has 0 N–H and O–H groups in total. The SMILES string of the molecule is CC(C)(C)c1ccc2ccc3c(-c4cc(-c5ccccc5)cc(-c5ccc(-c6ccccc6)cc5)c4)cc(C(C)(C)C)nc3c2n1. The van der Waals surface area contributed by atoms with Crippen LogP contribution in [0.15, 0.2) is 133 Å². The zero-order valence-electron chi connectivity index (χ0n) is 27.6. The van der Waals surface area contributed by atoms with Gasteiger partial charge in [-0.3, -0.25) is 0 Å². The maximum atomic E-state index is 5.32. The van der Waals surface area contributed by atoms with Crippen LogP contribution in [0, 0.1) is 0 Å². The summed E-state index contributed by atoms with van der Waals surface area (Å²) in [6.45, 7) is 13.4. The molecule has 0 aliphatic heterocycles. The number of hydrogen-bond acceptors (Lipinski definition) is 2. The standard InChI is InChI=1S/C44H40N2/c1-43(2,3)39-24-22-33-21-23-37-38(28-40(44(4,5)6)46-42(37)41(33)45-39)36-26-34(30-15-11-8-12-16-30)25-35(27-36)32-19-17-31(18-20-32)29-13-9-7-10-14-29/h7-28H,1-6H3. The third-order valence-corrected chi connectivity index (χ3v) is 8.85. The van der Waals surface area contributed by atoms with Crippen molar-refractivity contribution in [2.45, 2.75) is 52.4 Å². The highest BCUT2D eigenvalue weighted by atomic mass is 14.8. The molecular formula is C44H40N2. The molecule has 2 heterocycles. The van der Waals surface area contributed by atoms with Gasteiger partial charge >= 0.3 is 0 Å². The molecule has 7 rings (SSSR count). The van der Waals surface area contributed by atoms with Crippen LogP contribution in [-0.4, -0.2) is 9.97 Å². The van der Waals surface area contributed by atoms with Crippen molar-refractivity contribution < 1.29 is 0 Å². The molecule has 0 fully saturated rings. The summed E-state index contributed by atoms with van der Waals surface area (Å²) in [6, 6.07) is 48.3. The summed E-state index contributed by atoms with van der Waals surface area (Å²) in [5.41, 5.74) is 13.4. The van der Waals surface area contributed by atoms with Crippen molar-refractivity contribution >= 4 is 21.8 Å². The Balaban J connectivity index is 1.48. The quantitative estimate of drug-likeness (QED) is 0.189. The lowest BCUT2D eigenvalue weighted by Crippen LogP contribution is -2.15. The second-order valence-electron chi connectivity index (χ2n) is 14.4. The van der Waals surface area contributed by atoms with E-state index in [9.17, 15) is 0 Å². The van der Waals surface area contributed by atoms with Gasteiger partial charge in [0, 0.05) is 33.0 Å². The zero-order valence-corrected chi connectivity index (χ0v) is 27.6. The molecule has 0 saturated heterocycles. The number of nitrogens with zero attached hydrogens (tertiary/aromatic N) is 2. The zero-order chi connectivity index (χ0) is 32.1. The smallest absolute Gasteiger partial charge is 0.0974 e. The lowest BCUT2D eigenvalue weighted by atomic mass is 9.86. The molecular weight excluding hydrogens is 556 g/mol. The Morgan fingerprint density at radius 1 is 0.370 bits per heavy atom. The minimum absolute atomic E-state index is 0.0597. The Morgan fingerprint density at radius 3 is 1.39 bits per heavy atom. The van der Waals surface area contributed by atoms with Crippen LogP contribution in [0.3, 0.4) is 0 Å². The Labute approximate surface area is 272 Å². The van der Waals surface area contributed by atoms with Gasteiger partial charge < -0.3 is 0 Å². The highest BCUT2D eigenvalue weighted by Gasteiger charge is 2.22. The Hall–Kier alpha value is -5.08. The molecule has 2 aromatic heterocycles. The Morgan fingerprint density at radius 2 is 0.826 bits per heavy atom. The lowest BCUT2D eigenvalue weighted by molar-refractivity contribution is 0.570. The maximum absolute atomic E-state index is 5.32. The second kappa shape index (κ2) is 11.4. The molecule has 2 heteroatoms. The number of benzene rings is 5. The molecule has 0 spiro atoms. The summed E-state index contributed by atoms with van der Waals surface area (Å²) in [4.78, 5) is 10.6. The topological polar surface area (TPSA) is 25.8 Å². The summed E-state index contributed by atoms with van der Waals surface area (Å²) in [7, 11) is 0. The van der Waals surface area contributed by atoms with Crippen molar-refractivity contribution in [2.75, 3.05) is 0 Å². The maximum Gasteiger partial charge on any atom is 0.0974 e. The number of fused-ring (bicyclic) bond motifs is 3.